The molecule has 62 valence electrons. The van der Waals surface area contributed by atoms with Crippen LogP contribution in [0.5, 0.6) is 0 Å². The predicted octanol–water partition coefficient (Wildman–Crippen LogP) is 3.57. The van der Waals surface area contributed by atoms with Gasteiger partial charge in [-0.3, -0.25) is 0 Å². The minimum Gasteiger partial charge on any atom is -0.207 e. The van der Waals surface area contributed by atoms with E-state index in [0.717, 1.165) is 4.90 Å². The molecule has 0 bridgehead atoms. The summed E-state index contributed by atoms with van der Waals surface area (Å²) in [6.45, 7) is 4.00. The van der Waals surface area contributed by atoms with Crippen LogP contribution in [0.25, 0.3) is 0 Å². The van der Waals surface area contributed by atoms with Gasteiger partial charge in [-0.15, -0.1) is 11.8 Å². The highest BCUT2D eigenvalue weighted by Gasteiger charge is 1.88. The Bertz CT molecular complexity index is 181. The van der Waals surface area contributed by atoms with E-state index in [9.17, 15) is 4.39 Å². The summed E-state index contributed by atoms with van der Waals surface area (Å²) in [6, 6.07) is 6.46. The van der Waals surface area contributed by atoms with E-state index in [2.05, 4.69) is 0 Å². The Morgan fingerprint density at radius 2 is 1.55 bits per heavy atom. The van der Waals surface area contributed by atoms with Gasteiger partial charge in [0.2, 0.25) is 0 Å². The molecule has 1 rings (SSSR count). The van der Waals surface area contributed by atoms with Gasteiger partial charge in [0.25, 0.3) is 0 Å². The van der Waals surface area contributed by atoms with Crippen molar-refractivity contribution in [3.8, 4) is 0 Å². The van der Waals surface area contributed by atoms with Gasteiger partial charge in [-0.25, -0.2) is 4.39 Å². The maximum Gasteiger partial charge on any atom is 0.123 e. The molecule has 0 saturated heterocycles. The number of rotatable bonds is 1. The zero-order valence-electron chi connectivity index (χ0n) is 7.10. The number of thioether (sulfide) groups is 1. The lowest BCUT2D eigenvalue weighted by Gasteiger charge is -1.91. The van der Waals surface area contributed by atoms with E-state index < -0.39 is 0 Å². The fourth-order valence-corrected chi connectivity index (χ4v) is 0.979. The van der Waals surface area contributed by atoms with E-state index in [0.29, 0.717) is 0 Å². The molecule has 0 aromatic heterocycles. The summed E-state index contributed by atoms with van der Waals surface area (Å²) in [4.78, 5) is 1.09. The summed E-state index contributed by atoms with van der Waals surface area (Å²) in [5.41, 5.74) is 0. The molecule has 0 radical (unpaired) electrons. The van der Waals surface area contributed by atoms with Gasteiger partial charge >= 0.3 is 0 Å². The first-order chi connectivity index (χ1) is 5.33. The molecular formula is C9H13FS. The van der Waals surface area contributed by atoms with Gasteiger partial charge in [0.1, 0.15) is 5.82 Å². The van der Waals surface area contributed by atoms with Crippen molar-refractivity contribution < 1.29 is 4.39 Å². The van der Waals surface area contributed by atoms with Crippen LogP contribution < -0.4 is 0 Å². The Kier molecular flexibility index (Phi) is 5.94. The average molecular weight is 172 g/mol. The van der Waals surface area contributed by atoms with E-state index in [-0.39, 0.29) is 5.82 Å². The van der Waals surface area contributed by atoms with Crippen LogP contribution >= 0.6 is 11.8 Å². The molecule has 1 aromatic rings. The van der Waals surface area contributed by atoms with Crippen LogP contribution in [-0.4, -0.2) is 6.26 Å². The van der Waals surface area contributed by atoms with Gasteiger partial charge in [0, 0.05) is 4.90 Å². The third-order valence-corrected chi connectivity index (χ3v) is 1.79. The van der Waals surface area contributed by atoms with Crippen LogP contribution in [0.1, 0.15) is 13.8 Å². The summed E-state index contributed by atoms with van der Waals surface area (Å²) >= 11 is 1.61. The standard InChI is InChI=1S/C7H7FS.C2H6/c1-9-7-4-2-6(8)3-5-7;1-2/h2-5H,1H3;1-2H3. The molecule has 0 aliphatic carbocycles. The summed E-state index contributed by atoms with van der Waals surface area (Å²) in [7, 11) is 0. The van der Waals surface area contributed by atoms with Crippen molar-refractivity contribution in [2.45, 2.75) is 18.7 Å². The molecule has 0 unspecified atom stereocenters. The van der Waals surface area contributed by atoms with E-state index in [4.69, 9.17) is 0 Å². The Morgan fingerprint density at radius 3 is 1.91 bits per heavy atom. The second-order valence-corrected chi connectivity index (χ2v) is 2.54. The molecule has 0 heterocycles. The molecule has 0 nitrogen and oxygen atoms in total. The lowest BCUT2D eigenvalue weighted by molar-refractivity contribution is 0.626. The summed E-state index contributed by atoms with van der Waals surface area (Å²) in [5.74, 6) is -0.173. The van der Waals surface area contributed by atoms with Crippen LogP contribution in [0.4, 0.5) is 4.39 Å². The van der Waals surface area contributed by atoms with E-state index >= 15 is 0 Å². The molecule has 2 heteroatoms. The van der Waals surface area contributed by atoms with Crippen molar-refractivity contribution in [3.63, 3.8) is 0 Å². The molecule has 0 saturated carbocycles. The molecule has 0 amide bonds. The number of hydrogen-bond acceptors (Lipinski definition) is 1. The third-order valence-electron chi connectivity index (χ3n) is 1.05. The van der Waals surface area contributed by atoms with Gasteiger partial charge in [0.15, 0.2) is 0 Å². The van der Waals surface area contributed by atoms with Crippen molar-refractivity contribution in [2.24, 2.45) is 0 Å². The topological polar surface area (TPSA) is 0 Å². The first-order valence-electron chi connectivity index (χ1n) is 3.62. The third kappa shape index (κ3) is 4.04. The molecule has 0 fully saturated rings. The first kappa shape index (κ1) is 10.5. The van der Waals surface area contributed by atoms with Gasteiger partial charge in [0.05, 0.1) is 0 Å². The quantitative estimate of drug-likeness (QED) is 0.583. The largest absolute Gasteiger partial charge is 0.207 e. The SMILES string of the molecule is CC.CSc1ccc(F)cc1. The Morgan fingerprint density at radius 1 is 1.09 bits per heavy atom. The Balaban J connectivity index is 0.000000461. The fourth-order valence-electron chi connectivity index (χ4n) is 0.571. The molecule has 0 atom stereocenters. The van der Waals surface area contributed by atoms with Crippen LogP contribution in [0, 0.1) is 5.82 Å². The minimum atomic E-state index is -0.173. The maximum absolute atomic E-state index is 12.2. The lowest BCUT2D eigenvalue weighted by Crippen LogP contribution is -1.71. The minimum absolute atomic E-state index is 0.173. The smallest absolute Gasteiger partial charge is 0.123 e. The molecule has 0 spiro atoms. The molecule has 0 aliphatic heterocycles. The van der Waals surface area contributed by atoms with Crippen molar-refractivity contribution in [3.05, 3.63) is 30.1 Å². The van der Waals surface area contributed by atoms with Gasteiger partial charge < -0.3 is 0 Å². The zero-order chi connectivity index (χ0) is 8.69. The molecule has 0 N–H and O–H groups in total. The van der Waals surface area contributed by atoms with E-state index in [1.165, 1.54) is 12.1 Å². The van der Waals surface area contributed by atoms with Gasteiger partial charge in [-0.1, -0.05) is 13.8 Å². The Hall–Kier alpha value is -0.500. The molecule has 0 aliphatic rings. The highest BCUT2D eigenvalue weighted by molar-refractivity contribution is 7.98. The van der Waals surface area contributed by atoms with Crippen molar-refractivity contribution in [1.29, 1.82) is 0 Å². The van der Waals surface area contributed by atoms with Crippen LogP contribution in [0.3, 0.4) is 0 Å². The van der Waals surface area contributed by atoms with Gasteiger partial charge in [-0.2, -0.15) is 0 Å². The second-order valence-electron chi connectivity index (χ2n) is 1.66. The summed E-state index contributed by atoms with van der Waals surface area (Å²) in [5, 5.41) is 0. The summed E-state index contributed by atoms with van der Waals surface area (Å²) < 4.78 is 12.2. The molecular weight excluding hydrogens is 159 g/mol. The number of halogens is 1. The normalized spacial score (nSPS) is 8.36. The summed E-state index contributed by atoms with van der Waals surface area (Å²) in [6.07, 6.45) is 1.97. The van der Waals surface area contributed by atoms with Crippen LogP contribution in [0.2, 0.25) is 0 Å². The lowest BCUT2D eigenvalue weighted by atomic mass is 10.4. The van der Waals surface area contributed by atoms with Crippen LogP contribution in [0.15, 0.2) is 29.2 Å². The highest BCUT2D eigenvalue weighted by atomic mass is 32.2. The number of hydrogen-bond donors (Lipinski definition) is 0. The van der Waals surface area contributed by atoms with Crippen molar-refractivity contribution in [2.75, 3.05) is 6.26 Å². The fraction of sp³-hybridized carbons (Fsp3) is 0.333. The van der Waals surface area contributed by atoms with Crippen LogP contribution in [-0.2, 0) is 0 Å². The predicted molar refractivity (Wildman–Crippen MR) is 49.5 cm³/mol. The average Bonchev–Trinajstić information content (AvgIpc) is 2.10. The molecule has 1 aromatic carbocycles. The van der Waals surface area contributed by atoms with E-state index in [1.54, 1.807) is 23.9 Å². The maximum atomic E-state index is 12.2. The molecule has 11 heavy (non-hydrogen) atoms. The zero-order valence-corrected chi connectivity index (χ0v) is 7.91. The highest BCUT2D eigenvalue weighted by Crippen LogP contribution is 2.13. The van der Waals surface area contributed by atoms with E-state index in [1.807, 2.05) is 20.1 Å². The Labute approximate surface area is 71.8 Å². The second kappa shape index (κ2) is 6.23. The van der Waals surface area contributed by atoms with Gasteiger partial charge in [-0.05, 0) is 30.5 Å². The van der Waals surface area contributed by atoms with Crippen molar-refractivity contribution in [1.82, 2.24) is 0 Å². The monoisotopic (exact) mass is 172 g/mol. The number of benzene rings is 1. The van der Waals surface area contributed by atoms with Crippen molar-refractivity contribution >= 4 is 11.8 Å². The first-order valence-corrected chi connectivity index (χ1v) is 4.85.